The summed E-state index contributed by atoms with van der Waals surface area (Å²) in [5.74, 6) is 0.357. The van der Waals surface area contributed by atoms with Crippen LogP contribution in [0.15, 0.2) is 18.2 Å². The van der Waals surface area contributed by atoms with Gasteiger partial charge < -0.3 is 9.53 Å². The maximum Gasteiger partial charge on any atom is 0.311 e. The van der Waals surface area contributed by atoms with Crippen LogP contribution in [-0.2, 0) is 11.2 Å². The molecule has 5 heteroatoms. The van der Waals surface area contributed by atoms with Gasteiger partial charge in [-0.3, -0.25) is 10.1 Å². The van der Waals surface area contributed by atoms with E-state index in [1.807, 2.05) is 13.0 Å². The molecule has 18 heavy (non-hydrogen) atoms. The molecule has 0 amide bonds. The number of Topliss-reactive ketones (excluding diaryl/α,β-unsaturated/α-hetero) is 1. The molecular weight excluding hydrogens is 234 g/mol. The Morgan fingerprint density at radius 1 is 1.44 bits per heavy atom. The van der Waals surface area contributed by atoms with Crippen LogP contribution in [-0.4, -0.2) is 17.3 Å². The van der Waals surface area contributed by atoms with E-state index in [1.165, 1.54) is 13.0 Å². The zero-order chi connectivity index (χ0) is 13.5. The number of carbonyl (C=O) groups is 1. The second-order valence-corrected chi connectivity index (χ2v) is 4.07. The number of nitrogens with zero attached hydrogens (tertiary/aromatic N) is 1. The highest BCUT2D eigenvalue weighted by Gasteiger charge is 2.15. The van der Waals surface area contributed by atoms with Crippen molar-refractivity contribution in [1.29, 1.82) is 0 Å². The molecule has 0 aliphatic heterocycles. The zero-order valence-corrected chi connectivity index (χ0v) is 10.6. The van der Waals surface area contributed by atoms with E-state index in [-0.39, 0.29) is 17.2 Å². The van der Waals surface area contributed by atoms with E-state index in [4.69, 9.17) is 4.74 Å². The predicted molar refractivity (Wildman–Crippen MR) is 67.9 cm³/mol. The molecule has 0 bridgehead atoms. The largest absolute Gasteiger partial charge is 0.487 e. The molecule has 0 aromatic heterocycles. The Morgan fingerprint density at radius 2 is 2.17 bits per heavy atom. The van der Waals surface area contributed by atoms with Crippen molar-refractivity contribution < 1.29 is 14.5 Å². The van der Waals surface area contributed by atoms with E-state index < -0.39 is 4.92 Å². The van der Waals surface area contributed by atoms with Gasteiger partial charge in [0.25, 0.3) is 0 Å². The SMILES string of the molecule is CCc1ccc(OCCCC(C)=O)c([N+](=O)[O-])c1. The molecule has 0 aliphatic carbocycles. The lowest BCUT2D eigenvalue weighted by Gasteiger charge is -2.07. The Morgan fingerprint density at radius 3 is 2.72 bits per heavy atom. The van der Waals surface area contributed by atoms with Gasteiger partial charge in [-0.1, -0.05) is 13.0 Å². The van der Waals surface area contributed by atoms with Crippen LogP contribution in [0.25, 0.3) is 0 Å². The Hall–Kier alpha value is -1.91. The van der Waals surface area contributed by atoms with E-state index in [9.17, 15) is 14.9 Å². The summed E-state index contributed by atoms with van der Waals surface area (Å²) < 4.78 is 5.35. The van der Waals surface area contributed by atoms with Gasteiger partial charge in [0.2, 0.25) is 0 Å². The molecule has 0 spiro atoms. The highest BCUT2D eigenvalue weighted by atomic mass is 16.6. The van der Waals surface area contributed by atoms with E-state index in [0.717, 1.165) is 12.0 Å². The van der Waals surface area contributed by atoms with Crippen LogP contribution in [0.5, 0.6) is 5.75 Å². The smallest absolute Gasteiger partial charge is 0.311 e. The summed E-state index contributed by atoms with van der Waals surface area (Å²) in [5, 5.41) is 10.9. The molecule has 5 nitrogen and oxygen atoms in total. The zero-order valence-electron chi connectivity index (χ0n) is 10.6. The van der Waals surface area contributed by atoms with Gasteiger partial charge in [0.05, 0.1) is 11.5 Å². The maximum absolute atomic E-state index is 10.9. The van der Waals surface area contributed by atoms with Crippen LogP contribution < -0.4 is 4.74 Å². The molecule has 0 radical (unpaired) electrons. The first-order valence-corrected chi connectivity index (χ1v) is 5.94. The van der Waals surface area contributed by atoms with Gasteiger partial charge in [0, 0.05) is 12.5 Å². The lowest BCUT2D eigenvalue weighted by Crippen LogP contribution is -2.03. The van der Waals surface area contributed by atoms with Crippen LogP contribution in [0.2, 0.25) is 0 Å². The van der Waals surface area contributed by atoms with E-state index in [0.29, 0.717) is 19.4 Å². The van der Waals surface area contributed by atoms with Crippen molar-refractivity contribution in [2.24, 2.45) is 0 Å². The highest BCUT2D eigenvalue weighted by molar-refractivity contribution is 5.75. The van der Waals surface area contributed by atoms with Crippen molar-refractivity contribution in [1.82, 2.24) is 0 Å². The number of ether oxygens (including phenoxy) is 1. The third-order valence-corrected chi connectivity index (χ3v) is 2.56. The molecule has 0 heterocycles. The predicted octanol–water partition coefficient (Wildman–Crippen LogP) is 2.91. The first-order chi connectivity index (χ1) is 8.54. The summed E-state index contributed by atoms with van der Waals surface area (Å²) in [4.78, 5) is 21.2. The Labute approximate surface area is 106 Å². The molecule has 98 valence electrons. The fraction of sp³-hybridized carbons (Fsp3) is 0.462. The van der Waals surface area contributed by atoms with Gasteiger partial charge >= 0.3 is 5.69 Å². The third-order valence-electron chi connectivity index (χ3n) is 2.56. The molecule has 1 aromatic rings. The summed E-state index contributed by atoms with van der Waals surface area (Å²) in [7, 11) is 0. The second-order valence-electron chi connectivity index (χ2n) is 4.07. The molecular formula is C13H17NO4. The lowest BCUT2D eigenvalue weighted by molar-refractivity contribution is -0.385. The molecule has 0 fully saturated rings. The molecule has 0 N–H and O–H groups in total. The number of hydrogen-bond acceptors (Lipinski definition) is 4. The first-order valence-electron chi connectivity index (χ1n) is 5.94. The standard InChI is InChI=1S/C13H17NO4/c1-3-11-6-7-13(12(9-11)14(16)17)18-8-4-5-10(2)15/h6-7,9H,3-5,8H2,1-2H3. The number of rotatable bonds is 7. The van der Waals surface area contributed by atoms with Gasteiger partial charge in [0.15, 0.2) is 5.75 Å². The normalized spacial score (nSPS) is 10.1. The molecule has 0 saturated heterocycles. The van der Waals surface area contributed by atoms with Crippen molar-refractivity contribution in [3.8, 4) is 5.75 Å². The number of ketones is 1. The van der Waals surface area contributed by atoms with Crippen molar-refractivity contribution >= 4 is 11.5 Å². The molecule has 1 rings (SSSR count). The minimum Gasteiger partial charge on any atom is -0.487 e. The van der Waals surface area contributed by atoms with Gasteiger partial charge in [-0.15, -0.1) is 0 Å². The summed E-state index contributed by atoms with van der Waals surface area (Å²) >= 11 is 0. The van der Waals surface area contributed by atoms with Crippen molar-refractivity contribution in [3.63, 3.8) is 0 Å². The Balaban J connectivity index is 2.69. The number of carbonyl (C=O) groups excluding carboxylic acids is 1. The summed E-state index contributed by atoms with van der Waals surface area (Å²) in [6, 6.07) is 4.96. The summed E-state index contributed by atoms with van der Waals surface area (Å²) in [6.07, 6.45) is 1.74. The van der Waals surface area contributed by atoms with Crippen LogP contribution in [0.4, 0.5) is 5.69 Å². The van der Waals surface area contributed by atoms with Crippen LogP contribution in [0.3, 0.4) is 0 Å². The summed E-state index contributed by atoms with van der Waals surface area (Å²) in [6.45, 7) is 3.76. The second kappa shape index (κ2) is 6.74. The number of aryl methyl sites for hydroxylation is 1. The Bertz CT molecular complexity index is 443. The Kier molecular flexibility index (Phi) is 5.30. The average Bonchev–Trinajstić information content (AvgIpc) is 2.34. The number of nitro groups is 1. The first kappa shape index (κ1) is 14.2. The van der Waals surface area contributed by atoms with E-state index in [2.05, 4.69) is 0 Å². The highest BCUT2D eigenvalue weighted by Crippen LogP contribution is 2.28. The lowest BCUT2D eigenvalue weighted by atomic mass is 10.1. The van der Waals surface area contributed by atoms with Gasteiger partial charge in [-0.05, 0) is 31.4 Å². The van der Waals surface area contributed by atoms with Gasteiger partial charge in [-0.2, -0.15) is 0 Å². The fourth-order valence-electron chi connectivity index (χ4n) is 1.55. The molecule has 1 aromatic carbocycles. The number of hydrogen-bond donors (Lipinski definition) is 0. The quantitative estimate of drug-likeness (QED) is 0.424. The molecule has 0 saturated carbocycles. The van der Waals surface area contributed by atoms with Gasteiger partial charge in [0.1, 0.15) is 5.78 Å². The minimum atomic E-state index is -0.445. The fourth-order valence-corrected chi connectivity index (χ4v) is 1.55. The van der Waals surface area contributed by atoms with Crippen LogP contribution in [0, 0.1) is 10.1 Å². The van der Waals surface area contributed by atoms with E-state index >= 15 is 0 Å². The number of benzene rings is 1. The van der Waals surface area contributed by atoms with Gasteiger partial charge in [-0.25, -0.2) is 0 Å². The maximum atomic E-state index is 10.9. The van der Waals surface area contributed by atoms with Crippen molar-refractivity contribution in [2.75, 3.05) is 6.61 Å². The number of nitro benzene ring substituents is 1. The monoisotopic (exact) mass is 251 g/mol. The van der Waals surface area contributed by atoms with Crippen LogP contribution >= 0.6 is 0 Å². The molecule has 0 aliphatic rings. The average molecular weight is 251 g/mol. The molecule has 0 atom stereocenters. The minimum absolute atomic E-state index is 0.0165. The van der Waals surface area contributed by atoms with Crippen LogP contribution in [0.1, 0.15) is 32.3 Å². The van der Waals surface area contributed by atoms with Crippen molar-refractivity contribution in [3.05, 3.63) is 33.9 Å². The molecule has 0 unspecified atom stereocenters. The van der Waals surface area contributed by atoms with Crippen molar-refractivity contribution in [2.45, 2.75) is 33.1 Å². The summed E-state index contributed by atoms with van der Waals surface area (Å²) in [5.41, 5.74) is 0.884. The van der Waals surface area contributed by atoms with E-state index in [1.54, 1.807) is 6.07 Å². The topological polar surface area (TPSA) is 69.4 Å². The third kappa shape index (κ3) is 4.16.